The van der Waals surface area contributed by atoms with Gasteiger partial charge in [0.2, 0.25) is 0 Å². The van der Waals surface area contributed by atoms with Crippen LogP contribution in [0.1, 0.15) is 18.1 Å². The fourth-order valence-corrected chi connectivity index (χ4v) is 3.04. The molecule has 0 amide bonds. The van der Waals surface area contributed by atoms with E-state index in [9.17, 15) is 10.2 Å². The van der Waals surface area contributed by atoms with Crippen molar-refractivity contribution in [3.05, 3.63) is 95.6 Å². The Bertz CT molecular complexity index is 959. The molecule has 0 bridgehead atoms. The number of nitrogens with one attached hydrogen (secondary N) is 1. The lowest BCUT2D eigenvalue weighted by atomic mass is 9.90. The molecule has 0 atom stereocenters. The van der Waals surface area contributed by atoms with E-state index in [0.29, 0.717) is 5.57 Å². The second kappa shape index (κ2) is 7.81. The first-order chi connectivity index (χ1) is 12.6. The summed E-state index contributed by atoms with van der Waals surface area (Å²) in [7, 11) is 0. The van der Waals surface area contributed by atoms with Gasteiger partial charge in [-0.1, -0.05) is 66.7 Å². The highest BCUT2D eigenvalue weighted by Crippen LogP contribution is 2.29. The number of rotatable bonds is 5. The topological polar surface area (TPSA) is 64.3 Å². The molecule has 3 aromatic carbocycles. The summed E-state index contributed by atoms with van der Waals surface area (Å²) < 4.78 is 0. The van der Waals surface area contributed by atoms with Crippen molar-refractivity contribution in [2.45, 2.75) is 6.92 Å². The molecule has 3 heteroatoms. The van der Waals surface area contributed by atoms with Crippen LogP contribution in [0.15, 0.2) is 84.4 Å². The van der Waals surface area contributed by atoms with E-state index < -0.39 is 0 Å². The van der Waals surface area contributed by atoms with Gasteiger partial charge < -0.3 is 10.2 Å². The van der Waals surface area contributed by atoms with Crippen LogP contribution in [0.4, 0.5) is 0 Å². The van der Waals surface area contributed by atoms with Gasteiger partial charge in [0.05, 0.1) is 12.3 Å². The van der Waals surface area contributed by atoms with E-state index in [1.165, 1.54) is 0 Å². The first kappa shape index (κ1) is 17.6. The molecule has 0 aliphatic heterocycles. The predicted molar refractivity (Wildman–Crippen MR) is 106 cm³/mol. The van der Waals surface area contributed by atoms with Crippen molar-refractivity contribution in [3.8, 4) is 16.9 Å². The molecular formula is C23H21NO2. The third-order valence-electron chi connectivity index (χ3n) is 4.47. The Balaban J connectivity index is 2.10. The second-order valence-electron chi connectivity index (χ2n) is 6.10. The molecule has 0 saturated heterocycles. The molecule has 0 saturated carbocycles. The molecule has 3 aromatic rings. The summed E-state index contributed by atoms with van der Waals surface area (Å²) in [4.78, 5) is 0. The standard InChI is InChI=1S/C23H21NO2/c1-16(17-8-3-2-4-9-17)22(15-25)23(24)21-13-6-5-12-20(21)18-10-7-11-19(26)14-18/h2-14,24-26H,15H2,1H3/b22-16+,24-23?. The fourth-order valence-electron chi connectivity index (χ4n) is 3.04. The van der Waals surface area contributed by atoms with E-state index >= 15 is 0 Å². The first-order valence-electron chi connectivity index (χ1n) is 8.45. The van der Waals surface area contributed by atoms with Gasteiger partial charge in [0.15, 0.2) is 0 Å². The van der Waals surface area contributed by atoms with Crippen molar-refractivity contribution in [3.63, 3.8) is 0 Å². The molecule has 0 fully saturated rings. The van der Waals surface area contributed by atoms with Gasteiger partial charge in [-0.3, -0.25) is 5.41 Å². The smallest absolute Gasteiger partial charge is 0.116 e. The third-order valence-corrected chi connectivity index (χ3v) is 4.47. The molecule has 0 spiro atoms. The lowest BCUT2D eigenvalue weighted by Crippen LogP contribution is -2.10. The van der Waals surface area contributed by atoms with Crippen molar-refractivity contribution < 1.29 is 10.2 Å². The summed E-state index contributed by atoms with van der Waals surface area (Å²) in [5.74, 6) is 0.183. The Labute approximate surface area is 153 Å². The van der Waals surface area contributed by atoms with Crippen molar-refractivity contribution in [1.82, 2.24) is 0 Å². The Morgan fingerprint density at radius 2 is 1.58 bits per heavy atom. The average Bonchev–Trinajstić information content (AvgIpc) is 2.69. The highest BCUT2D eigenvalue weighted by Gasteiger charge is 2.16. The number of hydrogen-bond acceptors (Lipinski definition) is 3. The Kier molecular flexibility index (Phi) is 5.30. The molecule has 130 valence electrons. The van der Waals surface area contributed by atoms with Crippen LogP contribution in [0.25, 0.3) is 16.7 Å². The number of phenols is 1. The summed E-state index contributed by atoms with van der Waals surface area (Å²) >= 11 is 0. The van der Waals surface area contributed by atoms with Crippen LogP contribution in [0, 0.1) is 5.41 Å². The van der Waals surface area contributed by atoms with Gasteiger partial charge >= 0.3 is 0 Å². The number of aliphatic hydroxyl groups is 1. The van der Waals surface area contributed by atoms with Crippen LogP contribution in [0.2, 0.25) is 0 Å². The van der Waals surface area contributed by atoms with E-state index in [0.717, 1.165) is 27.8 Å². The molecule has 0 aromatic heterocycles. The van der Waals surface area contributed by atoms with E-state index in [-0.39, 0.29) is 18.1 Å². The number of phenolic OH excluding ortho intramolecular Hbond substituents is 1. The maximum atomic E-state index is 9.96. The highest BCUT2D eigenvalue weighted by atomic mass is 16.3. The maximum absolute atomic E-state index is 9.96. The number of aromatic hydroxyl groups is 1. The number of aliphatic hydroxyl groups excluding tert-OH is 1. The Morgan fingerprint density at radius 1 is 0.885 bits per heavy atom. The van der Waals surface area contributed by atoms with E-state index in [1.807, 2.05) is 67.6 Å². The molecule has 3 N–H and O–H groups in total. The normalized spacial score (nSPS) is 11.8. The second-order valence-corrected chi connectivity index (χ2v) is 6.10. The number of benzene rings is 3. The molecule has 0 aliphatic carbocycles. The molecule has 3 nitrogen and oxygen atoms in total. The predicted octanol–water partition coefficient (Wildman–Crippen LogP) is 4.89. The van der Waals surface area contributed by atoms with Crippen LogP contribution >= 0.6 is 0 Å². The van der Waals surface area contributed by atoms with Crippen LogP contribution in [0.3, 0.4) is 0 Å². The zero-order valence-corrected chi connectivity index (χ0v) is 14.6. The molecule has 0 aliphatic rings. The minimum Gasteiger partial charge on any atom is -0.508 e. The number of allylic oxidation sites excluding steroid dienone is 1. The van der Waals surface area contributed by atoms with Crippen molar-refractivity contribution in [2.75, 3.05) is 6.61 Å². The van der Waals surface area contributed by atoms with Gasteiger partial charge in [-0.25, -0.2) is 0 Å². The first-order valence-corrected chi connectivity index (χ1v) is 8.45. The van der Waals surface area contributed by atoms with Gasteiger partial charge in [0.25, 0.3) is 0 Å². The molecule has 0 unspecified atom stereocenters. The third kappa shape index (κ3) is 3.58. The van der Waals surface area contributed by atoms with Crippen LogP contribution < -0.4 is 0 Å². The minimum absolute atomic E-state index is 0.183. The quantitative estimate of drug-likeness (QED) is 0.577. The van der Waals surface area contributed by atoms with Crippen LogP contribution in [-0.4, -0.2) is 22.5 Å². The minimum atomic E-state index is -0.214. The van der Waals surface area contributed by atoms with Gasteiger partial charge in [0, 0.05) is 11.1 Å². The van der Waals surface area contributed by atoms with E-state index in [2.05, 4.69) is 0 Å². The van der Waals surface area contributed by atoms with E-state index in [4.69, 9.17) is 5.41 Å². The lowest BCUT2D eigenvalue weighted by Gasteiger charge is -2.16. The average molecular weight is 343 g/mol. The van der Waals surface area contributed by atoms with E-state index in [1.54, 1.807) is 18.2 Å². The summed E-state index contributed by atoms with van der Waals surface area (Å²) in [6, 6.07) is 24.3. The van der Waals surface area contributed by atoms with Crippen molar-refractivity contribution >= 4 is 11.3 Å². The van der Waals surface area contributed by atoms with Crippen LogP contribution in [0.5, 0.6) is 5.75 Å². The summed E-state index contributed by atoms with van der Waals surface area (Å²) in [6.07, 6.45) is 0. The van der Waals surface area contributed by atoms with Gasteiger partial charge in [-0.05, 0) is 41.3 Å². The maximum Gasteiger partial charge on any atom is 0.116 e. The molecule has 3 rings (SSSR count). The van der Waals surface area contributed by atoms with Gasteiger partial charge in [-0.2, -0.15) is 0 Å². The summed E-state index contributed by atoms with van der Waals surface area (Å²) in [5.41, 5.74) is 5.13. The molecule has 0 heterocycles. The summed E-state index contributed by atoms with van der Waals surface area (Å²) in [5, 5.41) is 28.5. The van der Waals surface area contributed by atoms with Crippen LogP contribution in [-0.2, 0) is 0 Å². The Morgan fingerprint density at radius 3 is 2.27 bits per heavy atom. The fraction of sp³-hybridized carbons (Fsp3) is 0.0870. The largest absolute Gasteiger partial charge is 0.508 e. The molecule has 0 radical (unpaired) electrons. The highest BCUT2D eigenvalue weighted by molar-refractivity contribution is 6.17. The Hall–Kier alpha value is -3.17. The zero-order chi connectivity index (χ0) is 18.5. The van der Waals surface area contributed by atoms with Gasteiger partial charge in [-0.15, -0.1) is 0 Å². The lowest BCUT2D eigenvalue weighted by molar-refractivity contribution is 0.337. The zero-order valence-electron chi connectivity index (χ0n) is 14.6. The van der Waals surface area contributed by atoms with Crippen molar-refractivity contribution in [2.24, 2.45) is 0 Å². The molecule has 26 heavy (non-hydrogen) atoms. The van der Waals surface area contributed by atoms with Crippen molar-refractivity contribution in [1.29, 1.82) is 5.41 Å². The van der Waals surface area contributed by atoms with Gasteiger partial charge in [0.1, 0.15) is 5.75 Å². The summed E-state index contributed by atoms with van der Waals surface area (Å²) in [6.45, 7) is 1.71. The molecular weight excluding hydrogens is 322 g/mol. The number of hydrogen-bond donors (Lipinski definition) is 3. The SMILES string of the molecule is C/C(=C(/CO)C(=N)c1ccccc1-c1cccc(O)c1)c1ccccc1. The monoisotopic (exact) mass is 343 g/mol.